The van der Waals surface area contributed by atoms with Crippen molar-refractivity contribution in [1.82, 2.24) is 29.8 Å². The van der Waals surface area contributed by atoms with E-state index < -0.39 is 5.97 Å². The van der Waals surface area contributed by atoms with Crippen molar-refractivity contribution in [2.45, 2.75) is 57.5 Å². The van der Waals surface area contributed by atoms with Crippen LogP contribution in [-0.2, 0) is 11.3 Å². The summed E-state index contributed by atoms with van der Waals surface area (Å²) in [6.07, 6.45) is 12.8. The second-order valence-corrected chi connectivity index (χ2v) is 10.4. The van der Waals surface area contributed by atoms with Crippen LogP contribution in [0.25, 0.3) is 34.1 Å². The maximum atomic E-state index is 11.2. The zero-order valence-corrected chi connectivity index (χ0v) is 21.4. The van der Waals surface area contributed by atoms with E-state index in [4.69, 9.17) is 14.6 Å². The first-order valence-corrected chi connectivity index (χ1v) is 13.5. The Labute approximate surface area is 221 Å². The molecule has 1 saturated heterocycles. The van der Waals surface area contributed by atoms with Gasteiger partial charge in [-0.05, 0) is 56.5 Å². The second kappa shape index (κ2) is 10.9. The highest BCUT2D eigenvalue weighted by molar-refractivity contribution is 5.77. The number of carboxylic acids is 1. The summed E-state index contributed by atoms with van der Waals surface area (Å²) in [7, 11) is 0. The lowest BCUT2D eigenvalue weighted by Crippen LogP contribution is -2.35. The maximum Gasteiger partial charge on any atom is 0.306 e. The number of nitrogens with zero attached hydrogens (tertiary/aromatic N) is 6. The number of aliphatic carboxylic acids is 1. The van der Waals surface area contributed by atoms with Gasteiger partial charge in [0, 0.05) is 30.1 Å². The maximum absolute atomic E-state index is 11.2. The predicted octanol–water partition coefficient (Wildman–Crippen LogP) is 5.46. The highest BCUT2D eigenvalue weighted by Gasteiger charge is 2.26. The lowest BCUT2D eigenvalue weighted by Gasteiger charge is -2.30. The fourth-order valence-electron chi connectivity index (χ4n) is 5.72. The molecule has 1 aliphatic carbocycles. The molecule has 0 atom stereocenters. The van der Waals surface area contributed by atoms with Crippen LogP contribution in [0.1, 0.15) is 56.6 Å². The fourth-order valence-corrected chi connectivity index (χ4v) is 5.72. The summed E-state index contributed by atoms with van der Waals surface area (Å²) in [5.41, 5.74) is 4.94. The molecule has 38 heavy (non-hydrogen) atoms. The number of aromatic nitrogens is 5. The first-order chi connectivity index (χ1) is 18.7. The van der Waals surface area contributed by atoms with Gasteiger partial charge in [-0.3, -0.25) is 19.4 Å². The van der Waals surface area contributed by atoms with Crippen molar-refractivity contribution in [2.75, 3.05) is 13.1 Å². The molecule has 0 bridgehead atoms. The molecule has 6 rings (SSSR count). The van der Waals surface area contributed by atoms with Crippen molar-refractivity contribution in [3.8, 4) is 34.1 Å². The van der Waals surface area contributed by atoms with E-state index in [9.17, 15) is 9.90 Å². The average Bonchev–Trinajstić information content (AvgIpc) is 3.63. The third-order valence-corrected chi connectivity index (χ3v) is 7.88. The molecule has 2 aliphatic rings. The first kappa shape index (κ1) is 24.5. The number of pyridine rings is 1. The van der Waals surface area contributed by atoms with Crippen molar-refractivity contribution in [1.29, 1.82) is 0 Å². The summed E-state index contributed by atoms with van der Waals surface area (Å²) in [5, 5.41) is 18.3. The van der Waals surface area contributed by atoms with Gasteiger partial charge in [0.2, 0.25) is 5.82 Å². The lowest BCUT2D eigenvalue weighted by atomic mass is 9.95. The summed E-state index contributed by atoms with van der Waals surface area (Å²) >= 11 is 0. The highest BCUT2D eigenvalue weighted by Crippen LogP contribution is 2.37. The molecule has 2 fully saturated rings. The predicted molar refractivity (Wildman–Crippen MR) is 142 cm³/mol. The van der Waals surface area contributed by atoms with Crippen LogP contribution < -0.4 is 0 Å². The van der Waals surface area contributed by atoms with Crippen LogP contribution in [-0.4, -0.2) is 54.0 Å². The average molecular weight is 513 g/mol. The quantitative estimate of drug-likeness (QED) is 0.347. The van der Waals surface area contributed by atoms with Gasteiger partial charge >= 0.3 is 5.97 Å². The number of piperidine rings is 1. The van der Waals surface area contributed by atoms with Crippen molar-refractivity contribution in [2.24, 2.45) is 5.92 Å². The SMILES string of the molecule is O=C(O)C1CCN(Cc2ccc(-c3noc(-c4cnn(C5CCCCC5)c4-c4ccncc4)n3)cc2)CC1. The molecule has 0 unspecified atom stereocenters. The van der Waals surface area contributed by atoms with Crippen molar-refractivity contribution in [3.63, 3.8) is 0 Å². The van der Waals surface area contributed by atoms with E-state index in [1.807, 2.05) is 30.5 Å². The lowest BCUT2D eigenvalue weighted by molar-refractivity contribution is -0.143. The van der Waals surface area contributed by atoms with E-state index in [0.29, 0.717) is 30.6 Å². The standard InChI is InChI=1S/C29H32N6O3/c36-29(37)23-12-16-34(17-13-23)19-20-6-8-22(9-7-20)27-32-28(38-33-27)25-18-31-35(24-4-2-1-3-5-24)26(25)21-10-14-30-15-11-21/h6-11,14-15,18,23-24H,1-5,12-13,16-17,19H2,(H,36,37). The molecule has 1 N–H and O–H groups in total. The van der Waals surface area contributed by atoms with Gasteiger partial charge in [-0.15, -0.1) is 0 Å². The number of benzene rings is 1. The van der Waals surface area contributed by atoms with E-state index in [1.165, 1.54) is 24.8 Å². The molecular formula is C29H32N6O3. The fraction of sp³-hybridized carbons (Fsp3) is 0.414. The van der Waals surface area contributed by atoms with Gasteiger partial charge < -0.3 is 9.63 Å². The number of carbonyl (C=O) groups is 1. The molecule has 196 valence electrons. The monoisotopic (exact) mass is 512 g/mol. The second-order valence-electron chi connectivity index (χ2n) is 10.4. The Kier molecular flexibility index (Phi) is 7.00. The van der Waals surface area contributed by atoms with Gasteiger partial charge in [0.25, 0.3) is 5.89 Å². The molecule has 4 aromatic rings. The smallest absolute Gasteiger partial charge is 0.306 e. The van der Waals surface area contributed by atoms with Gasteiger partial charge in [0.05, 0.1) is 29.4 Å². The Balaban J connectivity index is 1.21. The van der Waals surface area contributed by atoms with Crippen molar-refractivity contribution >= 4 is 5.97 Å². The van der Waals surface area contributed by atoms with Crippen LogP contribution in [0.5, 0.6) is 0 Å². The normalized spacial score (nSPS) is 17.6. The van der Waals surface area contributed by atoms with E-state index in [2.05, 4.69) is 31.9 Å². The minimum atomic E-state index is -0.678. The molecule has 1 aromatic carbocycles. The zero-order valence-electron chi connectivity index (χ0n) is 21.4. The zero-order chi connectivity index (χ0) is 25.9. The van der Waals surface area contributed by atoms with Crippen molar-refractivity contribution in [3.05, 3.63) is 60.6 Å². The molecule has 1 aliphatic heterocycles. The summed E-state index contributed by atoms with van der Waals surface area (Å²) in [6, 6.07) is 12.6. The third kappa shape index (κ3) is 5.11. The van der Waals surface area contributed by atoms with Gasteiger partial charge in [0.15, 0.2) is 0 Å². The molecule has 3 aromatic heterocycles. The van der Waals surface area contributed by atoms with Crippen LogP contribution in [0.4, 0.5) is 0 Å². The molecule has 9 heteroatoms. The van der Waals surface area contributed by atoms with Gasteiger partial charge in [-0.25, -0.2) is 0 Å². The number of likely N-dealkylation sites (tertiary alicyclic amines) is 1. The Bertz CT molecular complexity index is 1370. The Morgan fingerprint density at radius 3 is 2.39 bits per heavy atom. The van der Waals surface area contributed by atoms with E-state index in [-0.39, 0.29) is 5.92 Å². The molecule has 9 nitrogen and oxygen atoms in total. The minimum Gasteiger partial charge on any atom is -0.481 e. The molecule has 0 spiro atoms. The van der Waals surface area contributed by atoms with E-state index in [0.717, 1.165) is 54.9 Å². The number of carboxylic acid groups (broad SMARTS) is 1. The third-order valence-electron chi connectivity index (χ3n) is 7.88. The summed E-state index contributed by atoms with van der Waals surface area (Å²) in [4.78, 5) is 22.5. The summed E-state index contributed by atoms with van der Waals surface area (Å²) < 4.78 is 7.90. The van der Waals surface area contributed by atoms with Crippen molar-refractivity contribution < 1.29 is 14.4 Å². The molecular weight excluding hydrogens is 480 g/mol. The van der Waals surface area contributed by atoms with Crippen LogP contribution in [0.2, 0.25) is 0 Å². The van der Waals surface area contributed by atoms with Gasteiger partial charge in [0.1, 0.15) is 0 Å². The number of hydrogen-bond acceptors (Lipinski definition) is 7. The topological polar surface area (TPSA) is 110 Å². The van der Waals surface area contributed by atoms with Gasteiger partial charge in [-0.2, -0.15) is 10.1 Å². The van der Waals surface area contributed by atoms with Crippen LogP contribution >= 0.6 is 0 Å². The Morgan fingerprint density at radius 1 is 0.947 bits per heavy atom. The largest absolute Gasteiger partial charge is 0.481 e. The number of hydrogen-bond donors (Lipinski definition) is 1. The molecule has 0 amide bonds. The number of rotatable bonds is 7. The summed E-state index contributed by atoms with van der Waals surface area (Å²) in [6.45, 7) is 2.42. The Hall–Kier alpha value is -3.85. The summed E-state index contributed by atoms with van der Waals surface area (Å²) in [5.74, 6) is 0.108. The minimum absolute atomic E-state index is 0.213. The molecule has 4 heterocycles. The van der Waals surface area contributed by atoms with Crippen LogP contribution in [0.3, 0.4) is 0 Å². The molecule has 1 saturated carbocycles. The van der Waals surface area contributed by atoms with E-state index in [1.54, 1.807) is 12.4 Å². The molecule has 0 radical (unpaired) electrons. The first-order valence-electron chi connectivity index (χ1n) is 13.5. The van der Waals surface area contributed by atoms with Crippen LogP contribution in [0, 0.1) is 5.92 Å². The van der Waals surface area contributed by atoms with Crippen LogP contribution in [0.15, 0.2) is 59.5 Å². The van der Waals surface area contributed by atoms with E-state index >= 15 is 0 Å². The highest BCUT2D eigenvalue weighted by atomic mass is 16.5. The Morgan fingerprint density at radius 2 is 1.68 bits per heavy atom. The van der Waals surface area contributed by atoms with Gasteiger partial charge in [-0.1, -0.05) is 48.7 Å².